The second-order valence-corrected chi connectivity index (χ2v) is 6.75. The van der Waals surface area contributed by atoms with E-state index in [1.807, 2.05) is 56.4 Å². The Kier molecular flexibility index (Phi) is 5.94. The minimum Gasteiger partial charge on any atom is -0.496 e. The van der Waals surface area contributed by atoms with Crippen LogP contribution in [0.4, 0.5) is 5.69 Å². The highest BCUT2D eigenvalue weighted by atomic mass is 32.1. The summed E-state index contributed by atoms with van der Waals surface area (Å²) >= 11 is 1.67. The van der Waals surface area contributed by atoms with Crippen molar-refractivity contribution >= 4 is 29.2 Å². The van der Waals surface area contributed by atoms with Gasteiger partial charge in [-0.2, -0.15) is 0 Å². The second kappa shape index (κ2) is 8.56. The molecule has 5 heteroatoms. The molecule has 4 nitrogen and oxygen atoms in total. The van der Waals surface area contributed by atoms with Crippen molar-refractivity contribution in [3.05, 3.63) is 71.6 Å². The van der Waals surface area contributed by atoms with Crippen LogP contribution in [0.2, 0.25) is 0 Å². The Morgan fingerprint density at radius 1 is 1.07 bits per heavy atom. The minimum absolute atomic E-state index is 0.453. The number of carbonyl (C=O) groups excluding carboxylic acids is 1. The van der Waals surface area contributed by atoms with E-state index in [-0.39, 0.29) is 0 Å². The minimum atomic E-state index is 0.453. The lowest BCUT2D eigenvalue weighted by Crippen LogP contribution is -2.16. The number of benzene rings is 2. The summed E-state index contributed by atoms with van der Waals surface area (Å²) < 4.78 is 10.7. The number of methoxy groups -OCH3 is 1. The monoisotopic (exact) mass is 379 g/mol. The molecular weight excluding hydrogens is 358 g/mol. The zero-order chi connectivity index (χ0) is 19.2. The van der Waals surface area contributed by atoms with Gasteiger partial charge in [0.05, 0.1) is 7.11 Å². The van der Waals surface area contributed by atoms with E-state index in [2.05, 4.69) is 22.4 Å². The zero-order valence-electron chi connectivity index (χ0n) is 15.5. The van der Waals surface area contributed by atoms with Gasteiger partial charge in [0.1, 0.15) is 11.5 Å². The van der Waals surface area contributed by atoms with Gasteiger partial charge in [0.25, 0.3) is 6.47 Å². The molecule has 0 saturated heterocycles. The number of carbonyl (C=O) groups is 1. The Morgan fingerprint density at radius 3 is 2.56 bits per heavy atom. The third-order valence-electron chi connectivity index (χ3n) is 4.33. The number of allylic oxidation sites excluding steroid dienone is 1. The predicted octanol–water partition coefficient (Wildman–Crippen LogP) is 5.46. The van der Waals surface area contributed by atoms with Crippen molar-refractivity contribution in [3.63, 3.8) is 0 Å². The summed E-state index contributed by atoms with van der Waals surface area (Å²) in [6, 6.07) is 17.7. The number of nitrogens with zero attached hydrogens (tertiary/aromatic N) is 1. The van der Waals surface area contributed by atoms with Crippen molar-refractivity contribution < 1.29 is 14.3 Å². The first-order valence-corrected chi connectivity index (χ1v) is 9.39. The molecule has 2 aromatic carbocycles. The highest BCUT2D eigenvalue weighted by molar-refractivity contribution is 7.13. The quantitative estimate of drug-likeness (QED) is 0.511. The Bertz CT molecular complexity index is 948. The number of anilines is 1. The maximum Gasteiger partial charge on any atom is 0.298 e. The molecule has 3 rings (SSSR count). The van der Waals surface area contributed by atoms with Crippen molar-refractivity contribution in [1.29, 1.82) is 0 Å². The molecule has 0 unspecified atom stereocenters. The summed E-state index contributed by atoms with van der Waals surface area (Å²) in [4.78, 5) is 14.1. The second-order valence-electron chi connectivity index (χ2n) is 5.81. The largest absolute Gasteiger partial charge is 0.496 e. The zero-order valence-corrected chi connectivity index (χ0v) is 16.3. The summed E-state index contributed by atoms with van der Waals surface area (Å²) in [5.41, 5.74) is 3.84. The Hall–Kier alpha value is -3.05. The van der Waals surface area contributed by atoms with E-state index in [4.69, 9.17) is 9.47 Å². The smallest absolute Gasteiger partial charge is 0.298 e. The average Bonchev–Trinajstić information content (AvgIpc) is 3.24. The van der Waals surface area contributed by atoms with E-state index in [9.17, 15) is 4.79 Å². The summed E-state index contributed by atoms with van der Waals surface area (Å²) in [6.45, 7) is 2.42. The lowest BCUT2D eigenvalue weighted by molar-refractivity contribution is -0.120. The van der Waals surface area contributed by atoms with Gasteiger partial charge in [0, 0.05) is 34.4 Å². The number of para-hydroxylation sites is 1. The van der Waals surface area contributed by atoms with Crippen LogP contribution in [0.15, 0.2) is 66.1 Å². The standard InChI is InChI=1S/C22H21NO3S/c1-4-19(17-8-5-6-9-21(17)26-15-24)23(2)16-11-12-20(25-3)18(14-16)22-10-7-13-27-22/h4-15H,1-3H3/b19-4+. The Morgan fingerprint density at radius 2 is 1.89 bits per heavy atom. The summed E-state index contributed by atoms with van der Waals surface area (Å²) in [6.07, 6.45) is 2.00. The van der Waals surface area contributed by atoms with Crippen LogP contribution in [-0.2, 0) is 4.79 Å². The van der Waals surface area contributed by atoms with Crippen LogP contribution in [0.1, 0.15) is 12.5 Å². The molecule has 0 saturated carbocycles. The van der Waals surface area contributed by atoms with Crippen LogP contribution in [0.5, 0.6) is 11.5 Å². The molecule has 0 amide bonds. The molecule has 0 bridgehead atoms. The molecular formula is C22H21NO3S. The number of thiophene rings is 1. The third-order valence-corrected chi connectivity index (χ3v) is 5.23. The van der Waals surface area contributed by atoms with Crippen molar-refractivity contribution in [2.75, 3.05) is 19.1 Å². The molecule has 27 heavy (non-hydrogen) atoms. The van der Waals surface area contributed by atoms with Crippen molar-refractivity contribution in [1.82, 2.24) is 0 Å². The molecule has 3 aromatic rings. The van der Waals surface area contributed by atoms with Gasteiger partial charge in [-0.25, -0.2) is 0 Å². The Labute approximate surface area is 163 Å². The van der Waals surface area contributed by atoms with Gasteiger partial charge < -0.3 is 14.4 Å². The van der Waals surface area contributed by atoms with Gasteiger partial charge in [-0.1, -0.05) is 24.3 Å². The van der Waals surface area contributed by atoms with E-state index in [1.54, 1.807) is 24.5 Å². The SMILES string of the molecule is C/C=C(\c1ccccc1OC=O)N(C)c1ccc(OC)c(-c2cccs2)c1. The average molecular weight is 379 g/mol. The number of ether oxygens (including phenoxy) is 2. The van der Waals surface area contributed by atoms with Crippen LogP contribution >= 0.6 is 11.3 Å². The topological polar surface area (TPSA) is 38.8 Å². The van der Waals surface area contributed by atoms with Gasteiger partial charge in [-0.3, -0.25) is 4.79 Å². The summed E-state index contributed by atoms with van der Waals surface area (Å²) in [5, 5.41) is 2.05. The predicted molar refractivity (Wildman–Crippen MR) is 111 cm³/mol. The molecule has 0 radical (unpaired) electrons. The van der Waals surface area contributed by atoms with E-state index >= 15 is 0 Å². The van der Waals surface area contributed by atoms with Crippen LogP contribution in [0, 0.1) is 0 Å². The lowest BCUT2D eigenvalue weighted by Gasteiger charge is -2.25. The molecule has 0 aliphatic carbocycles. The highest BCUT2D eigenvalue weighted by Crippen LogP contribution is 2.38. The molecule has 0 atom stereocenters. The fraction of sp³-hybridized carbons (Fsp3) is 0.136. The molecule has 138 valence electrons. The van der Waals surface area contributed by atoms with E-state index in [0.29, 0.717) is 12.2 Å². The van der Waals surface area contributed by atoms with Crippen LogP contribution in [-0.4, -0.2) is 20.6 Å². The van der Waals surface area contributed by atoms with Gasteiger partial charge in [-0.15, -0.1) is 11.3 Å². The molecule has 0 spiro atoms. The summed E-state index contributed by atoms with van der Waals surface area (Å²) in [7, 11) is 3.67. The molecule has 0 aliphatic heterocycles. The highest BCUT2D eigenvalue weighted by Gasteiger charge is 2.16. The van der Waals surface area contributed by atoms with Crippen molar-refractivity contribution in [2.24, 2.45) is 0 Å². The summed E-state index contributed by atoms with van der Waals surface area (Å²) in [5.74, 6) is 1.36. The van der Waals surface area contributed by atoms with Crippen LogP contribution < -0.4 is 14.4 Å². The van der Waals surface area contributed by atoms with E-state index in [1.165, 1.54) is 0 Å². The molecule has 0 aliphatic rings. The lowest BCUT2D eigenvalue weighted by atomic mass is 10.1. The molecule has 1 aromatic heterocycles. The molecule has 1 heterocycles. The first kappa shape index (κ1) is 18.7. The maximum absolute atomic E-state index is 10.9. The number of rotatable bonds is 7. The third kappa shape index (κ3) is 3.88. The number of hydrogen-bond acceptors (Lipinski definition) is 5. The van der Waals surface area contributed by atoms with Crippen molar-refractivity contribution in [2.45, 2.75) is 6.92 Å². The number of hydrogen-bond donors (Lipinski definition) is 0. The molecule has 0 N–H and O–H groups in total. The van der Waals surface area contributed by atoms with Gasteiger partial charge in [0.2, 0.25) is 0 Å². The van der Waals surface area contributed by atoms with Crippen LogP contribution in [0.25, 0.3) is 16.1 Å². The van der Waals surface area contributed by atoms with Crippen LogP contribution in [0.3, 0.4) is 0 Å². The first-order chi connectivity index (χ1) is 13.2. The van der Waals surface area contributed by atoms with Crippen molar-refractivity contribution in [3.8, 4) is 21.9 Å². The van der Waals surface area contributed by atoms with E-state index < -0.39 is 0 Å². The Balaban J connectivity index is 2.03. The van der Waals surface area contributed by atoms with E-state index in [0.717, 1.165) is 33.1 Å². The maximum atomic E-state index is 10.9. The fourth-order valence-electron chi connectivity index (χ4n) is 3.03. The van der Waals surface area contributed by atoms with Gasteiger partial charge in [-0.05, 0) is 48.7 Å². The van der Waals surface area contributed by atoms with Gasteiger partial charge >= 0.3 is 0 Å². The fourth-order valence-corrected chi connectivity index (χ4v) is 3.78. The molecule has 0 fully saturated rings. The van der Waals surface area contributed by atoms with Gasteiger partial charge in [0.15, 0.2) is 0 Å². The normalized spacial score (nSPS) is 11.1. The first-order valence-electron chi connectivity index (χ1n) is 8.51.